The fourth-order valence-electron chi connectivity index (χ4n) is 2.17. The predicted octanol–water partition coefficient (Wildman–Crippen LogP) is 4.54. The fourth-order valence-corrected chi connectivity index (χ4v) is 5.18. The van der Waals surface area contributed by atoms with Crippen molar-refractivity contribution in [1.29, 1.82) is 0 Å². The molecule has 0 radical (unpaired) electrons. The molecule has 7 heteroatoms. The van der Waals surface area contributed by atoms with E-state index in [4.69, 9.17) is 34.8 Å². The van der Waals surface area contributed by atoms with Gasteiger partial charge in [0.25, 0.3) is 0 Å². The fraction of sp³-hybridized carbons (Fsp3) is 0.571. The van der Waals surface area contributed by atoms with Gasteiger partial charge in [-0.25, -0.2) is 8.42 Å². The molecule has 0 aliphatic heterocycles. The molecule has 118 valence electrons. The van der Waals surface area contributed by atoms with Gasteiger partial charge in [0, 0.05) is 23.2 Å². The minimum Gasteiger partial charge on any atom is -0.207 e. The van der Waals surface area contributed by atoms with Crippen LogP contribution in [0.2, 0.25) is 10.0 Å². The van der Waals surface area contributed by atoms with E-state index in [0.29, 0.717) is 23.0 Å². The van der Waals surface area contributed by atoms with Crippen LogP contribution in [0.25, 0.3) is 0 Å². The van der Waals surface area contributed by atoms with Crippen LogP contribution in [0.3, 0.4) is 0 Å². The van der Waals surface area contributed by atoms with Crippen molar-refractivity contribution < 1.29 is 8.42 Å². The molecule has 1 fully saturated rings. The average Bonchev–Trinajstić information content (AvgIpc) is 3.19. The lowest BCUT2D eigenvalue weighted by molar-refractivity contribution is 0.342. The lowest BCUT2D eigenvalue weighted by atomic mass is 10.2. The second kappa shape index (κ2) is 6.63. The summed E-state index contributed by atoms with van der Waals surface area (Å²) < 4.78 is 27.3. The molecule has 0 unspecified atom stereocenters. The van der Waals surface area contributed by atoms with Crippen molar-refractivity contribution in [2.45, 2.75) is 43.5 Å². The second-order valence-corrected chi connectivity index (χ2v) is 8.49. The maximum absolute atomic E-state index is 12.9. The third-order valence-corrected chi connectivity index (χ3v) is 6.83. The Hall–Kier alpha value is -0.000000000000000167. The average molecular weight is 371 g/mol. The molecule has 0 saturated heterocycles. The van der Waals surface area contributed by atoms with Gasteiger partial charge in [0.05, 0.1) is 10.9 Å². The van der Waals surface area contributed by atoms with Crippen molar-refractivity contribution in [3.63, 3.8) is 0 Å². The van der Waals surface area contributed by atoms with Crippen LogP contribution >= 0.6 is 34.8 Å². The number of sulfonamides is 1. The van der Waals surface area contributed by atoms with E-state index in [1.807, 2.05) is 13.8 Å². The van der Waals surface area contributed by atoms with Crippen LogP contribution in [0.4, 0.5) is 0 Å². The Morgan fingerprint density at radius 2 is 1.90 bits per heavy atom. The van der Waals surface area contributed by atoms with Crippen molar-refractivity contribution in [3.05, 3.63) is 27.7 Å². The summed E-state index contributed by atoms with van der Waals surface area (Å²) in [6.45, 7) is 4.27. The predicted molar refractivity (Wildman–Crippen MR) is 87.8 cm³/mol. The summed E-state index contributed by atoms with van der Waals surface area (Å²) in [6.07, 6.45) is 2.17. The minimum atomic E-state index is -3.65. The van der Waals surface area contributed by atoms with Crippen LogP contribution in [0, 0.1) is 5.92 Å². The van der Waals surface area contributed by atoms with Crippen LogP contribution in [0.15, 0.2) is 17.0 Å². The van der Waals surface area contributed by atoms with E-state index in [1.54, 1.807) is 0 Å². The van der Waals surface area contributed by atoms with Crippen LogP contribution in [0.1, 0.15) is 32.3 Å². The van der Waals surface area contributed by atoms with E-state index in [9.17, 15) is 8.42 Å². The maximum atomic E-state index is 12.9. The largest absolute Gasteiger partial charge is 0.244 e. The summed E-state index contributed by atoms with van der Waals surface area (Å²) in [5.41, 5.74) is 0.455. The van der Waals surface area contributed by atoms with Crippen LogP contribution in [-0.2, 0) is 15.9 Å². The maximum Gasteiger partial charge on any atom is 0.244 e. The zero-order chi connectivity index (χ0) is 15.8. The van der Waals surface area contributed by atoms with Gasteiger partial charge < -0.3 is 0 Å². The van der Waals surface area contributed by atoms with E-state index in [1.165, 1.54) is 16.4 Å². The number of nitrogens with zero attached hydrogens (tertiary/aromatic N) is 1. The summed E-state index contributed by atoms with van der Waals surface area (Å²) >= 11 is 18.1. The number of benzene rings is 1. The van der Waals surface area contributed by atoms with Crippen LogP contribution < -0.4 is 0 Å². The first kappa shape index (κ1) is 17.4. The first-order chi connectivity index (χ1) is 9.78. The Morgan fingerprint density at radius 1 is 1.29 bits per heavy atom. The molecule has 1 aromatic rings. The number of alkyl halides is 1. The first-order valence-corrected chi connectivity index (χ1v) is 9.56. The highest BCUT2D eigenvalue weighted by Crippen LogP contribution is 2.36. The number of hydrogen-bond acceptors (Lipinski definition) is 2. The molecule has 0 aromatic heterocycles. The summed E-state index contributed by atoms with van der Waals surface area (Å²) in [7, 11) is -3.65. The number of rotatable bonds is 6. The van der Waals surface area contributed by atoms with E-state index in [-0.39, 0.29) is 21.8 Å². The zero-order valence-electron chi connectivity index (χ0n) is 11.9. The second-order valence-electron chi connectivity index (χ2n) is 5.58. The zero-order valence-corrected chi connectivity index (χ0v) is 15.0. The third-order valence-electron chi connectivity index (χ3n) is 3.58. The Morgan fingerprint density at radius 3 is 2.38 bits per heavy atom. The normalized spacial score (nSPS) is 16.0. The van der Waals surface area contributed by atoms with Gasteiger partial charge in [-0.05, 0) is 44.7 Å². The minimum absolute atomic E-state index is 0.0747. The Kier molecular flexibility index (Phi) is 5.48. The molecular weight excluding hydrogens is 353 g/mol. The monoisotopic (exact) mass is 369 g/mol. The summed E-state index contributed by atoms with van der Waals surface area (Å²) in [5, 5.41) is 0.506. The van der Waals surface area contributed by atoms with Crippen LogP contribution in [0.5, 0.6) is 0 Å². The van der Waals surface area contributed by atoms with Gasteiger partial charge in [-0.15, -0.1) is 11.6 Å². The Balaban J connectivity index is 2.46. The first-order valence-electron chi connectivity index (χ1n) is 6.83. The van der Waals surface area contributed by atoms with Gasteiger partial charge in [-0.1, -0.05) is 23.2 Å². The SMILES string of the molecule is CC(C)N(CC1CC1)S(=O)(=O)c1ccc(Cl)c(CCl)c1Cl. The van der Waals surface area contributed by atoms with E-state index in [0.717, 1.165) is 12.8 Å². The van der Waals surface area contributed by atoms with Gasteiger partial charge in [0.15, 0.2) is 0 Å². The van der Waals surface area contributed by atoms with Crippen LogP contribution in [-0.4, -0.2) is 25.3 Å². The molecule has 0 N–H and O–H groups in total. The summed E-state index contributed by atoms with van der Waals surface area (Å²) in [6, 6.07) is 2.87. The number of hydrogen-bond donors (Lipinski definition) is 0. The number of halogens is 3. The Labute approximate surface area is 141 Å². The summed E-state index contributed by atoms with van der Waals surface area (Å²) in [4.78, 5) is 0.0820. The topological polar surface area (TPSA) is 37.4 Å². The molecule has 1 aliphatic carbocycles. The molecule has 3 nitrogen and oxygen atoms in total. The van der Waals surface area contributed by atoms with Crippen molar-refractivity contribution in [2.24, 2.45) is 5.92 Å². The van der Waals surface area contributed by atoms with Gasteiger partial charge >= 0.3 is 0 Å². The molecule has 0 heterocycles. The van der Waals surface area contributed by atoms with Gasteiger partial charge in [-0.2, -0.15) is 4.31 Å². The van der Waals surface area contributed by atoms with Gasteiger partial charge in [0.1, 0.15) is 4.90 Å². The standard InChI is InChI=1S/C14H18Cl3NO2S/c1-9(2)18(8-10-3-4-10)21(19,20)13-6-5-12(16)11(7-15)14(13)17/h5-6,9-10H,3-4,7-8H2,1-2H3. The lowest BCUT2D eigenvalue weighted by Gasteiger charge is -2.26. The van der Waals surface area contributed by atoms with Crippen molar-refractivity contribution in [3.8, 4) is 0 Å². The van der Waals surface area contributed by atoms with Crippen molar-refractivity contribution >= 4 is 44.8 Å². The Bertz CT molecular complexity index is 627. The molecule has 0 bridgehead atoms. The molecule has 0 amide bonds. The smallest absolute Gasteiger partial charge is 0.207 e. The quantitative estimate of drug-likeness (QED) is 0.689. The van der Waals surface area contributed by atoms with Gasteiger partial charge in [0.2, 0.25) is 10.0 Å². The highest BCUT2D eigenvalue weighted by atomic mass is 35.5. The molecule has 1 aliphatic rings. The lowest BCUT2D eigenvalue weighted by Crippen LogP contribution is -2.38. The summed E-state index contributed by atoms with van der Waals surface area (Å²) in [5.74, 6) is 0.534. The molecule has 1 saturated carbocycles. The van der Waals surface area contributed by atoms with E-state index >= 15 is 0 Å². The van der Waals surface area contributed by atoms with Crippen molar-refractivity contribution in [1.82, 2.24) is 4.31 Å². The van der Waals surface area contributed by atoms with E-state index in [2.05, 4.69) is 0 Å². The highest BCUT2D eigenvalue weighted by molar-refractivity contribution is 7.89. The highest BCUT2D eigenvalue weighted by Gasteiger charge is 2.35. The molecule has 21 heavy (non-hydrogen) atoms. The molecule has 0 atom stereocenters. The van der Waals surface area contributed by atoms with Crippen molar-refractivity contribution in [2.75, 3.05) is 6.54 Å². The molecule has 0 spiro atoms. The molecule has 2 rings (SSSR count). The molecule has 1 aromatic carbocycles. The third kappa shape index (κ3) is 3.67. The van der Waals surface area contributed by atoms with E-state index < -0.39 is 10.0 Å². The van der Waals surface area contributed by atoms with Gasteiger partial charge in [-0.3, -0.25) is 0 Å². The molecular formula is C14H18Cl3NO2S.